The fourth-order valence-electron chi connectivity index (χ4n) is 2.26. The number of hydrogen-bond donors (Lipinski definition) is 0. The molecule has 1 unspecified atom stereocenters. The first-order valence-electron chi connectivity index (χ1n) is 7.57. The second-order valence-electron chi connectivity index (χ2n) is 5.29. The standard InChI is InChI=1S/C18H15Cl3N2S2/c19-14-4-1-2-7-17(14)24-11-13(10-23-9-8-22-12-23)25-18-15(20)5-3-6-16(18)21/h1-9,12-13H,10-11H2. The average molecular weight is 430 g/mol. The number of nitrogens with zero attached hydrogens (tertiary/aromatic N) is 2. The molecule has 0 saturated carbocycles. The van der Waals surface area contributed by atoms with E-state index in [-0.39, 0.29) is 5.25 Å². The van der Waals surface area contributed by atoms with E-state index < -0.39 is 0 Å². The molecule has 0 aliphatic carbocycles. The minimum Gasteiger partial charge on any atom is -0.336 e. The van der Waals surface area contributed by atoms with E-state index in [0.717, 1.165) is 27.1 Å². The molecule has 0 aliphatic heterocycles. The van der Waals surface area contributed by atoms with Crippen molar-refractivity contribution in [1.82, 2.24) is 9.55 Å². The van der Waals surface area contributed by atoms with Crippen molar-refractivity contribution in [2.75, 3.05) is 5.75 Å². The molecule has 3 rings (SSSR count). The van der Waals surface area contributed by atoms with Gasteiger partial charge in [-0.1, -0.05) is 53.0 Å². The van der Waals surface area contributed by atoms with Gasteiger partial charge in [0.1, 0.15) is 0 Å². The maximum atomic E-state index is 6.35. The van der Waals surface area contributed by atoms with Crippen molar-refractivity contribution >= 4 is 58.3 Å². The lowest BCUT2D eigenvalue weighted by Gasteiger charge is -2.18. The van der Waals surface area contributed by atoms with Crippen LogP contribution >= 0.6 is 58.3 Å². The Labute approximate surface area is 170 Å². The quantitative estimate of drug-likeness (QED) is 0.385. The zero-order valence-corrected chi connectivity index (χ0v) is 17.0. The molecule has 3 aromatic rings. The zero-order valence-electron chi connectivity index (χ0n) is 13.1. The van der Waals surface area contributed by atoms with Crippen LogP contribution in [0.15, 0.2) is 71.0 Å². The first kappa shape index (κ1) is 19.0. The third-order valence-electron chi connectivity index (χ3n) is 3.44. The predicted octanol–water partition coefficient (Wildman–Crippen LogP) is 6.80. The van der Waals surface area contributed by atoms with Crippen LogP contribution in [-0.2, 0) is 6.54 Å². The van der Waals surface area contributed by atoms with Gasteiger partial charge in [0, 0.05) is 39.7 Å². The third-order valence-corrected chi connectivity index (χ3v) is 7.51. The normalized spacial score (nSPS) is 12.3. The lowest BCUT2D eigenvalue weighted by atomic mass is 10.4. The van der Waals surface area contributed by atoms with Gasteiger partial charge in [0.05, 0.1) is 21.4 Å². The van der Waals surface area contributed by atoms with E-state index in [0.29, 0.717) is 10.0 Å². The number of rotatable bonds is 7. The summed E-state index contributed by atoms with van der Waals surface area (Å²) in [5, 5.41) is 2.38. The zero-order chi connectivity index (χ0) is 17.6. The molecular weight excluding hydrogens is 415 g/mol. The van der Waals surface area contributed by atoms with Crippen LogP contribution in [0, 0.1) is 0 Å². The summed E-state index contributed by atoms with van der Waals surface area (Å²) < 4.78 is 2.07. The van der Waals surface area contributed by atoms with Gasteiger partial charge in [-0.2, -0.15) is 0 Å². The average Bonchev–Trinajstić information content (AvgIpc) is 3.10. The van der Waals surface area contributed by atoms with E-state index in [9.17, 15) is 0 Å². The molecule has 0 saturated heterocycles. The molecule has 1 atom stereocenters. The lowest BCUT2D eigenvalue weighted by molar-refractivity contribution is 0.695. The highest BCUT2D eigenvalue weighted by molar-refractivity contribution is 8.03. The van der Waals surface area contributed by atoms with E-state index in [4.69, 9.17) is 34.8 Å². The summed E-state index contributed by atoms with van der Waals surface area (Å²) in [4.78, 5) is 6.11. The molecule has 1 aromatic heterocycles. The Morgan fingerprint density at radius 2 is 1.68 bits per heavy atom. The summed E-state index contributed by atoms with van der Waals surface area (Å²) in [6, 6.07) is 13.5. The van der Waals surface area contributed by atoms with Crippen LogP contribution in [0.3, 0.4) is 0 Å². The van der Waals surface area contributed by atoms with Crippen LogP contribution in [0.5, 0.6) is 0 Å². The van der Waals surface area contributed by atoms with E-state index in [1.807, 2.05) is 55.0 Å². The molecule has 0 amide bonds. The molecule has 0 N–H and O–H groups in total. The highest BCUT2D eigenvalue weighted by atomic mass is 35.5. The number of benzene rings is 2. The summed E-state index contributed by atoms with van der Waals surface area (Å²) >= 11 is 22.4. The molecule has 0 fully saturated rings. The van der Waals surface area contributed by atoms with Crippen molar-refractivity contribution in [3.05, 3.63) is 76.3 Å². The van der Waals surface area contributed by atoms with Crippen molar-refractivity contribution in [3.8, 4) is 0 Å². The molecule has 0 bridgehead atoms. The molecule has 1 heterocycles. The molecule has 2 nitrogen and oxygen atoms in total. The maximum Gasteiger partial charge on any atom is 0.0946 e. The SMILES string of the molecule is Clc1ccccc1SCC(Cn1ccnc1)Sc1c(Cl)cccc1Cl. The molecule has 0 radical (unpaired) electrons. The lowest BCUT2D eigenvalue weighted by Crippen LogP contribution is -2.15. The largest absolute Gasteiger partial charge is 0.336 e. The van der Waals surface area contributed by atoms with Gasteiger partial charge in [0.25, 0.3) is 0 Å². The Kier molecular flexibility index (Phi) is 7.02. The van der Waals surface area contributed by atoms with Crippen LogP contribution in [0.4, 0.5) is 0 Å². The van der Waals surface area contributed by atoms with Crippen molar-refractivity contribution in [3.63, 3.8) is 0 Å². The molecule has 0 aliphatic rings. The summed E-state index contributed by atoms with van der Waals surface area (Å²) in [6.45, 7) is 0.809. The van der Waals surface area contributed by atoms with Crippen LogP contribution in [0.1, 0.15) is 0 Å². The molecular formula is C18H15Cl3N2S2. The Bertz CT molecular complexity index is 805. The minimum absolute atomic E-state index is 0.257. The molecule has 0 spiro atoms. The number of thioether (sulfide) groups is 2. The van der Waals surface area contributed by atoms with Gasteiger partial charge in [0.15, 0.2) is 0 Å². The summed E-state index contributed by atoms with van der Waals surface area (Å²) in [5.74, 6) is 0.869. The number of aromatic nitrogens is 2. The van der Waals surface area contributed by atoms with Gasteiger partial charge in [-0.05, 0) is 24.3 Å². The smallest absolute Gasteiger partial charge is 0.0946 e. The van der Waals surface area contributed by atoms with Crippen LogP contribution in [0.25, 0.3) is 0 Å². The van der Waals surface area contributed by atoms with Crippen LogP contribution < -0.4 is 0 Å². The van der Waals surface area contributed by atoms with Crippen molar-refractivity contribution in [2.45, 2.75) is 21.6 Å². The van der Waals surface area contributed by atoms with Gasteiger partial charge in [0.2, 0.25) is 0 Å². The van der Waals surface area contributed by atoms with Crippen LogP contribution in [0.2, 0.25) is 15.1 Å². The predicted molar refractivity (Wildman–Crippen MR) is 111 cm³/mol. The van der Waals surface area contributed by atoms with Crippen molar-refractivity contribution in [2.24, 2.45) is 0 Å². The second-order valence-corrected chi connectivity index (χ2v) is 8.89. The van der Waals surface area contributed by atoms with Gasteiger partial charge in [-0.15, -0.1) is 23.5 Å². The maximum absolute atomic E-state index is 6.35. The minimum atomic E-state index is 0.257. The van der Waals surface area contributed by atoms with E-state index >= 15 is 0 Å². The molecule has 130 valence electrons. The third kappa shape index (κ3) is 5.35. The summed E-state index contributed by atoms with van der Waals surface area (Å²) in [6.07, 6.45) is 5.56. The first-order valence-corrected chi connectivity index (χ1v) is 10.6. The second kappa shape index (κ2) is 9.24. The number of hydrogen-bond acceptors (Lipinski definition) is 3. The summed E-state index contributed by atoms with van der Waals surface area (Å²) in [7, 11) is 0. The van der Waals surface area contributed by atoms with Gasteiger partial charge in [-0.3, -0.25) is 0 Å². The van der Waals surface area contributed by atoms with E-state index in [1.165, 1.54) is 0 Å². The topological polar surface area (TPSA) is 17.8 Å². The monoisotopic (exact) mass is 428 g/mol. The van der Waals surface area contributed by atoms with Crippen molar-refractivity contribution in [1.29, 1.82) is 0 Å². The Hall–Kier alpha value is -0.780. The fourth-order valence-corrected chi connectivity index (χ4v) is 5.49. The molecule has 25 heavy (non-hydrogen) atoms. The molecule has 2 aromatic carbocycles. The Morgan fingerprint density at radius 3 is 2.36 bits per heavy atom. The molecule has 7 heteroatoms. The van der Waals surface area contributed by atoms with Crippen LogP contribution in [-0.4, -0.2) is 20.6 Å². The first-order chi connectivity index (χ1) is 12.1. The Morgan fingerprint density at radius 1 is 0.960 bits per heavy atom. The Balaban J connectivity index is 1.76. The fraction of sp³-hybridized carbons (Fsp3) is 0.167. The van der Waals surface area contributed by atoms with E-state index in [1.54, 1.807) is 29.7 Å². The van der Waals surface area contributed by atoms with Gasteiger partial charge < -0.3 is 4.57 Å². The van der Waals surface area contributed by atoms with E-state index in [2.05, 4.69) is 9.55 Å². The van der Waals surface area contributed by atoms with Gasteiger partial charge in [-0.25, -0.2) is 4.98 Å². The number of imidazole rings is 1. The highest BCUT2D eigenvalue weighted by Gasteiger charge is 2.17. The summed E-state index contributed by atoms with van der Waals surface area (Å²) in [5.41, 5.74) is 0. The number of halogens is 3. The van der Waals surface area contributed by atoms with Gasteiger partial charge >= 0.3 is 0 Å². The van der Waals surface area contributed by atoms with Crippen molar-refractivity contribution < 1.29 is 0 Å². The highest BCUT2D eigenvalue weighted by Crippen LogP contribution is 2.39.